The largest absolute Gasteiger partial charge is 0.416 e. The molecule has 0 spiro atoms. The highest BCUT2D eigenvalue weighted by molar-refractivity contribution is 5.97. The van der Waals surface area contributed by atoms with Crippen LogP contribution in [0.1, 0.15) is 29.3 Å². The smallest absolute Gasteiger partial charge is 0.337 e. The number of piperazine rings is 1. The van der Waals surface area contributed by atoms with Gasteiger partial charge in [0.15, 0.2) is 0 Å². The van der Waals surface area contributed by atoms with Gasteiger partial charge < -0.3 is 15.5 Å². The predicted octanol–water partition coefficient (Wildman–Crippen LogP) is 2.21. The fourth-order valence-electron chi connectivity index (χ4n) is 3.64. The third-order valence-corrected chi connectivity index (χ3v) is 4.95. The Morgan fingerprint density at radius 2 is 1.82 bits per heavy atom. The van der Waals surface area contributed by atoms with Gasteiger partial charge in [0.2, 0.25) is 5.91 Å². The van der Waals surface area contributed by atoms with E-state index >= 15 is 0 Å². The number of rotatable bonds is 3. The summed E-state index contributed by atoms with van der Waals surface area (Å²) in [5, 5.41) is 5.62. The maximum absolute atomic E-state index is 13.2. The minimum Gasteiger partial charge on any atom is -0.337 e. The molecule has 0 aromatic heterocycles. The highest BCUT2D eigenvalue weighted by Gasteiger charge is 2.34. The molecule has 1 unspecified atom stereocenters. The lowest BCUT2D eigenvalue weighted by Gasteiger charge is -2.32. The number of halogens is 4. The quantitative estimate of drug-likeness (QED) is 0.787. The van der Waals surface area contributed by atoms with Gasteiger partial charge in [-0.3, -0.25) is 14.5 Å². The molecule has 2 aliphatic rings. The topological polar surface area (TPSA) is 64.7 Å². The first kappa shape index (κ1) is 22.4. The van der Waals surface area contributed by atoms with Crippen molar-refractivity contribution in [2.24, 2.45) is 0 Å². The second-order valence-corrected chi connectivity index (χ2v) is 6.96. The van der Waals surface area contributed by atoms with Gasteiger partial charge in [-0.25, -0.2) is 0 Å². The first-order valence-corrected chi connectivity index (χ1v) is 8.98. The standard InChI is InChI=1S/C18H23F3N4O2.ClH/c1-12(26)23-15-9-13(8-14(10-15)18(19,20)21)17(27)25-5-2-16(11-25)24-6-3-22-4-7-24;/h8-10,16,22H,2-7,11H2,1H3,(H,23,26);1H. The maximum atomic E-state index is 13.2. The zero-order valence-corrected chi connectivity index (χ0v) is 16.3. The summed E-state index contributed by atoms with van der Waals surface area (Å²) in [6.07, 6.45) is -3.79. The number of hydrogen-bond donors (Lipinski definition) is 2. The Morgan fingerprint density at radius 3 is 2.43 bits per heavy atom. The van der Waals surface area contributed by atoms with Crippen molar-refractivity contribution < 1.29 is 22.8 Å². The van der Waals surface area contributed by atoms with Gasteiger partial charge in [0.05, 0.1) is 5.56 Å². The zero-order valence-electron chi connectivity index (χ0n) is 15.5. The number of hydrogen-bond acceptors (Lipinski definition) is 4. The summed E-state index contributed by atoms with van der Waals surface area (Å²) in [4.78, 5) is 28.0. The lowest BCUT2D eigenvalue weighted by Crippen LogP contribution is -2.49. The Balaban J connectivity index is 0.00000280. The highest BCUT2D eigenvalue weighted by Crippen LogP contribution is 2.32. The van der Waals surface area contributed by atoms with Crippen molar-refractivity contribution in [1.82, 2.24) is 15.1 Å². The lowest BCUT2D eigenvalue weighted by molar-refractivity contribution is -0.137. The summed E-state index contributed by atoms with van der Waals surface area (Å²) in [5.41, 5.74) is -1.04. The average Bonchev–Trinajstić information content (AvgIpc) is 3.10. The van der Waals surface area contributed by atoms with E-state index in [2.05, 4.69) is 15.5 Å². The molecule has 2 aliphatic heterocycles. The molecule has 0 radical (unpaired) electrons. The van der Waals surface area contributed by atoms with Crippen LogP contribution in [0.4, 0.5) is 18.9 Å². The van der Waals surface area contributed by atoms with E-state index in [0.717, 1.165) is 44.7 Å². The van der Waals surface area contributed by atoms with Gasteiger partial charge in [-0.2, -0.15) is 13.2 Å². The summed E-state index contributed by atoms with van der Waals surface area (Å²) in [6.45, 7) is 5.84. The minimum atomic E-state index is -4.60. The van der Waals surface area contributed by atoms with Crippen LogP contribution in [0.3, 0.4) is 0 Å². The molecular weight excluding hydrogens is 397 g/mol. The van der Waals surface area contributed by atoms with Gasteiger partial charge in [0.1, 0.15) is 0 Å². The van der Waals surface area contributed by atoms with Crippen LogP contribution in [0.5, 0.6) is 0 Å². The number of carbonyl (C=O) groups excluding carboxylic acids is 2. The Hall–Kier alpha value is -1.84. The molecule has 2 fully saturated rings. The number of alkyl halides is 3. The number of benzene rings is 1. The van der Waals surface area contributed by atoms with E-state index < -0.39 is 23.6 Å². The number of anilines is 1. The SMILES string of the molecule is CC(=O)Nc1cc(C(=O)N2CCC(N3CCNCC3)C2)cc(C(F)(F)F)c1.Cl. The fraction of sp³-hybridized carbons (Fsp3) is 0.556. The molecule has 28 heavy (non-hydrogen) atoms. The van der Waals surface area contributed by atoms with Crippen molar-refractivity contribution in [2.75, 3.05) is 44.6 Å². The van der Waals surface area contributed by atoms with Crippen LogP contribution in [-0.4, -0.2) is 66.9 Å². The van der Waals surface area contributed by atoms with Gasteiger partial charge in [-0.1, -0.05) is 0 Å². The van der Waals surface area contributed by atoms with E-state index in [1.54, 1.807) is 4.90 Å². The molecule has 1 aromatic rings. The maximum Gasteiger partial charge on any atom is 0.416 e. The third-order valence-electron chi connectivity index (χ3n) is 4.95. The second-order valence-electron chi connectivity index (χ2n) is 6.96. The molecule has 1 aromatic carbocycles. The van der Waals surface area contributed by atoms with Gasteiger partial charge >= 0.3 is 6.18 Å². The van der Waals surface area contributed by atoms with Gasteiger partial charge in [0, 0.05) is 63.5 Å². The number of nitrogens with zero attached hydrogens (tertiary/aromatic N) is 2. The van der Waals surface area contributed by atoms with Crippen molar-refractivity contribution >= 4 is 29.9 Å². The van der Waals surface area contributed by atoms with Gasteiger partial charge in [-0.05, 0) is 24.6 Å². The average molecular weight is 421 g/mol. The molecule has 1 atom stereocenters. The molecule has 6 nitrogen and oxygen atoms in total. The molecule has 2 saturated heterocycles. The van der Waals surface area contributed by atoms with Crippen molar-refractivity contribution in [1.29, 1.82) is 0 Å². The van der Waals surface area contributed by atoms with E-state index in [9.17, 15) is 22.8 Å². The molecule has 0 aliphatic carbocycles. The summed E-state index contributed by atoms with van der Waals surface area (Å²) < 4.78 is 39.5. The Morgan fingerprint density at radius 1 is 1.14 bits per heavy atom. The third kappa shape index (κ3) is 5.36. The van der Waals surface area contributed by atoms with Crippen LogP contribution in [0.15, 0.2) is 18.2 Å². The molecule has 156 valence electrons. The first-order valence-electron chi connectivity index (χ1n) is 8.98. The molecule has 2 N–H and O–H groups in total. The summed E-state index contributed by atoms with van der Waals surface area (Å²) in [6, 6.07) is 3.23. The second kappa shape index (κ2) is 9.11. The lowest BCUT2D eigenvalue weighted by atomic mass is 10.1. The van der Waals surface area contributed by atoms with Crippen LogP contribution in [0.25, 0.3) is 0 Å². The minimum absolute atomic E-state index is 0. The molecule has 2 amide bonds. The van der Waals surface area contributed by atoms with E-state index in [1.165, 1.54) is 13.0 Å². The molecule has 10 heteroatoms. The number of carbonyl (C=O) groups is 2. The van der Waals surface area contributed by atoms with Crippen LogP contribution in [0.2, 0.25) is 0 Å². The first-order chi connectivity index (χ1) is 12.7. The number of nitrogens with one attached hydrogen (secondary N) is 2. The van der Waals surface area contributed by atoms with Gasteiger partial charge in [0.25, 0.3) is 5.91 Å². The van der Waals surface area contributed by atoms with Gasteiger partial charge in [-0.15, -0.1) is 12.4 Å². The fourth-order valence-corrected chi connectivity index (χ4v) is 3.64. The molecule has 3 rings (SSSR count). The molecule has 0 saturated carbocycles. The van der Waals surface area contributed by atoms with E-state index in [4.69, 9.17) is 0 Å². The Labute approximate surface area is 167 Å². The predicted molar refractivity (Wildman–Crippen MR) is 102 cm³/mol. The van der Waals surface area contributed by atoms with E-state index in [0.29, 0.717) is 13.1 Å². The molecular formula is C18H24ClF3N4O2. The van der Waals surface area contributed by atoms with E-state index in [-0.39, 0.29) is 29.7 Å². The van der Waals surface area contributed by atoms with Crippen LogP contribution in [-0.2, 0) is 11.0 Å². The number of likely N-dealkylation sites (tertiary alicyclic amines) is 1. The monoisotopic (exact) mass is 420 g/mol. The summed E-state index contributed by atoms with van der Waals surface area (Å²) in [7, 11) is 0. The molecule has 2 heterocycles. The highest BCUT2D eigenvalue weighted by atomic mass is 35.5. The van der Waals surface area contributed by atoms with Crippen molar-refractivity contribution in [2.45, 2.75) is 25.6 Å². The van der Waals surface area contributed by atoms with Crippen LogP contribution in [0, 0.1) is 0 Å². The summed E-state index contributed by atoms with van der Waals surface area (Å²) >= 11 is 0. The van der Waals surface area contributed by atoms with Crippen LogP contribution < -0.4 is 10.6 Å². The molecule has 0 bridgehead atoms. The zero-order chi connectivity index (χ0) is 19.6. The van der Waals surface area contributed by atoms with Crippen molar-refractivity contribution in [3.8, 4) is 0 Å². The van der Waals surface area contributed by atoms with E-state index in [1.807, 2.05) is 0 Å². The van der Waals surface area contributed by atoms with Crippen molar-refractivity contribution in [3.05, 3.63) is 29.3 Å². The number of amides is 2. The normalized spacial score (nSPS) is 20.6. The summed E-state index contributed by atoms with van der Waals surface area (Å²) in [5.74, 6) is -0.932. The Bertz CT molecular complexity index is 723. The van der Waals surface area contributed by atoms with Crippen molar-refractivity contribution in [3.63, 3.8) is 0 Å². The Kier molecular flexibility index (Phi) is 7.30. The van der Waals surface area contributed by atoms with Crippen LogP contribution >= 0.6 is 12.4 Å².